The number of carbonyl (C=O) groups is 1. The van der Waals surface area contributed by atoms with Gasteiger partial charge in [-0.05, 0) is 56.3 Å². The summed E-state index contributed by atoms with van der Waals surface area (Å²) in [5.41, 5.74) is 0.601. The third kappa shape index (κ3) is 4.83. The van der Waals surface area contributed by atoms with Crippen LogP contribution in [0.1, 0.15) is 31.1 Å². The van der Waals surface area contributed by atoms with E-state index in [2.05, 4.69) is 15.5 Å². The summed E-state index contributed by atoms with van der Waals surface area (Å²) in [6.45, 7) is 4.72. The molecule has 0 saturated heterocycles. The Hall–Kier alpha value is -3.05. The van der Waals surface area contributed by atoms with E-state index in [1.54, 1.807) is 26.0 Å². The number of hydrogen-bond acceptors (Lipinski definition) is 8. The second kappa shape index (κ2) is 8.60. The molecular weight excluding hydrogens is 442 g/mol. The molecule has 0 aliphatic carbocycles. The molecule has 0 aliphatic rings. The summed E-state index contributed by atoms with van der Waals surface area (Å²) in [7, 11) is -6.84. The number of amides is 1. The number of nitrogens with one attached hydrogen (secondary N) is 1. The highest BCUT2D eigenvalue weighted by molar-refractivity contribution is 7.92. The highest BCUT2D eigenvalue weighted by Crippen LogP contribution is 2.25. The van der Waals surface area contributed by atoms with Gasteiger partial charge in [0.05, 0.1) is 20.8 Å². The van der Waals surface area contributed by atoms with Crippen LogP contribution in [0.15, 0.2) is 62.7 Å². The monoisotopic (exact) mass is 463 g/mol. The average molecular weight is 464 g/mol. The maximum absolute atomic E-state index is 12.4. The zero-order valence-electron chi connectivity index (χ0n) is 17.1. The largest absolute Gasteiger partial charge is 0.403 e. The summed E-state index contributed by atoms with van der Waals surface area (Å²) in [5, 5.41) is 9.47. The standard InChI is InChI=1S/C20H21N3O6S2/c1-4-30(25,26)16-10-8-14(9-11-16)18(24)21-20-23-22-19(29-20)15-6-5-7-17(12-15)31(27,28)13(2)3/h5-13H,4H2,1-3H3,(H,21,23,24). The van der Waals surface area contributed by atoms with Gasteiger partial charge in [-0.3, -0.25) is 10.1 Å². The number of rotatable bonds is 7. The fourth-order valence-electron chi connectivity index (χ4n) is 2.62. The van der Waals surface area contributed by atoms with Crippen molar-refractivity contribution in [2.45, 2.75) is 35.8 Å². The summed E-state index contributed by atoms with van der Waals surface area (Å²) in [5.74, 6) is -0.560. The Morgan fingerprint density at radius 1 is 1.00 bits per heavy atom. The quantitative estimate of drug-likeness (QED) is 0.565. The van der Waals surface area contributed by atoms with Gasteiger partial charge >= 0.3 is 6.01 Å². The second-order valence-electron chi connectivity index (χ2n) is 6.92. The molecule has 0 spiro atoms. The normalized spacial score (nSPS) is 12.1. The minimum atomic E-state index is -3.47. The van der Waals surface area contributed by atoms with Gasteiger partial charge < -0.3 is 4.42 Å². The lowest BCUT2D eigenvalue weighted by Crippen LogP contribution is -2.13. The van der Waals surface area contributed by atoms with Crippen molar-refractivity contribution in [2.75, 3.05) is 11.1 Å². The second-order valence-corrected chi connectivity index (χ2v) is 11.7. The molecule has 31 heavy (non-hydrogen) atoms. The van der Waals surface area contributed by atoms with E-state index in [-0.39, 0.29) is 33.0 Å². The zero-order chi connectivity index (χ0) is 22.8. The van der Waals surface area contributed by atoms with Crippen LogP contribution < -0.4 is 5.32 Å². The SMILES string of the molecule is CCS(=O)(=O)c1ccc(C(=O)Nc2nnc(-c3cccc(S(=O)(=O)C(C)C)c3)o2)cc1. The first kappa shape index (κ1) is 22.6. The maximum atomic E-state index is 12.4. The van der Waals surface area contributed by atoms with Gasteiger partial charge in [-0.15, -0.1) is 5.10 Å². The van der Waals surface area contributed by atoms with E-state index < -0.39 is 30.8 Å². The number of sulfone groups is 2. The van der Waals surface area contributed by atoms with E-state index in [4.69, 9.17) is 4.42 Å². The first-order valence-electron chi connectivity index (χ1n) is 9.36. The molecule has 0 aliphatic heterocycles. The average Bonchev–Trinajstić information content (AvgIpc) is 3.22. The van der Waals surface area contributed by atoms with E-state index >= 15 is 0 Å². The van der Waals surface area contributed by atoms with E-state index in [0.29, 0.717) is 5.56 Å². The van der Waals surface area contributed by atoms with Crippen molar-refractivity contribution >= 4 is 31.6 Å². The molecular formula is C20H21N3O6S2. The lowest BCUT2D eigenvalue weighted by atomic mass is 10.2. The van der Waals surface area contributed by atoms with Crippen LogP contribution in [-0.2, 0) is 19.7 Å². The number of carbonyl (C=O) groups excluding carboxylic acids is 1. The van der Waals surface area contributed by atoms with E-state index in [9.17, 15) is 21.6 Å². The third-order valence-electron chi connectivity index (χ3n) is 4.53. The Labute approximate surface area is 180 Å². The maximum Gasteiger partial charge on any atom is 0.322 e. The number of benzene rings is 2. The molecule has 0 unspecified atom stereocenters. The Kier molecular flexibility index (Phi) is 6.27. The molecule has 0 bridgehead atoms. The first-order chi connectivity index (χ1) is 14.5. The van der Waals surface area contributed by atoms with Gasteiger partial charge in [0.2, 0.25) is 5.89 Å². The van der Waals surface area contributed by atoms with Gasteiger partial charge in [-0.25, -0.2) is 16.8 Å². The van der Waals surface area contributed by atoms with Gasteiger partial charge in [0.25, 0.3) is 5.91 Å². The van der Waals surface area contributed by atoms with Crippen LogP contribution in [0.4, 0.5) is 6.01 Å². The highest BCUT2D eigenvalue weighted by atomic mass is 32.2. The first-order valence-corrected chi connectivity index (χ1v) is 12.6. The lowest BCUT2D eigenvalue weighted by molar-refractivity contribution is 0.102. The van der Waals surface area contributed by atoms with Crippen LogP contribution >= 0.6 is 0 Å². The molecule has 0 saturated carbocycles. The molecule has 3 rings (SSSR count). The van der Waals surface area contributed by atoms with Crippen molar-refractivity contribution in [3.63, 3.8) is 0 Å². The summed E-state index contributed by atoms with van der Waals surface area (Å²) >= 11 is 0. The van der Waals surface area contributed by atoms with Gasteiger partial charge in [0, 0.05) is 11.1 Å². The van der Waals surface area contributed by atoms with Crippen molar-refractivity contribution in [3.8, 4) is 11.5 Å². The fraction of sp³-hybridized carbons (Fsp3) is 0.250. The molecule has 3 aromatic rings. The van der Waals surface area contributed by atoms with Crippen molar-refractivity contribution in [2.24, 2.45) is 0 Å². The molecule has 0 fully saturated rings. The summed E-state index contributed by atoms with van der Waals surface area (Å²) in [6.07, 6.45) is 0. The molecule has 9 nitrogen and oxygen atoms in total. The van der Waals surface area contributed by atoms with E-state index in [0.717, 1.165) is 0 Å². The van der Waals surface area contributed by atoms with Crippen molar-refractivity contribution in [3.05, 3.63) is 54.1 Å². The molecule has 164 valence electrons. The Bertz CT molecular complexity index is 1310. The van der Waals surface area contributed by atoms with Crippen LogP contribution in [0.3, 0.4) is 0 Å². The smallest absolute Gasteiger partial charge is 0.322 e. The predicted octanol–water partition coefficient (Wildman–Crippen LogP) is 2.96. The van der Waals surface area contributed by atoms with Gasteiger partial charge in [-0.2, -0.15) is 0 Å². The van der Waals surface area contributed by atoms with Crippen molar-refractivity contribution < 1.29 is 26.0 Å². The van der Waals surface area contributed by atoms with Crippen LogP contribution in [0.5, 0.6) is 0 Å². The van der Waals surface area contributed by atoms with Crippen molar-refractivity contribution in [1.29, 1.82) is 0 Å². The molecule has 1 amide bonds. The fourth-order valence-corrected chi connectivity index (χ4v) is 4.61. The molecule has 1 aromatic heterocycles. The number of anilines is 1. The summed E-state index contributed by atoms with van der Waals surface area (Å²) < 4.78 is 53.9. The predicted molar refractivity (Wildman–Crippen MR) is 114 cm³/mol. The van der Waals surface area contributed by atoms with Crippen LogP contribution in [0, 0.1) is 0 Å². The van der Waals surface area contributed by atoms with Crippen LogP contribution in [-0.4, -0.2) is 43.9 Å². The van der Waals surface area contributed by atoms with Gasteiger partial charge in [0.15, 0.2) is 19.7 Å². The number of nitrogens with zero attached hydrogens (tertiary/aromatic N) is 2. The third-order valence-corrected chi connectivity index (χ3v) is 8.43. The molecule has 1 heterocycles. The van der Waals surface area contributed by atoms with Gasteiger partial charge in [-0.1, -0.05) is 18.1 Å². The number of aromatic nitrogens is 2. The Morgan fingerprint density at radius 2 is 1.68 bits per heavy atom. The topological polar surface area (TPSA) is 136 Å². The minimum Gasteiger partial charge on any atom is -0.403 e. The molecule has 2 aromatic carbocycles. The van der Waals surface area contributed by atoms with E-state index in [1.165, 1.54) is 43.3 Å². The molecule has 0 atom stereocenters. The summed E-state index contributed by atoms with van der Waals surface area (Å²) in [6, 6.07) is 11.4. The zero-order valence-corrected chi connectivity index (χ0v) is 18.7. The van der Waals surface area contributed by atoms with E-state index in [1.807, 2.05) is 0 Å². The highest BCUT2D eigenvalue weighted by Gasteiger charge is 2.21. The van der Waals surface area contributed by atoms with Crippen LogP contribution in [0.2, 0.25) is 0 Å². The Balaban J connectivity index is 1.78. The van der Waals surface area contributed by atoms with Crippen LogP contribution in [0.25, 0.3) is 11.5 Å². The molecule has 1 N–H and O–H groups in total. The molecule has 0 radical (unpaired) electrons. The van der Waals surface area contributed by atoms with Crippen molar-refractivity contribution in [1.82, 2.24) is 10.2 Å². The van der Waals surface area contributed by atoms with Gasteiger partial charge in [0.1, 0.15) is 0 Å². The number of hydrogen-bond donors (Lipinski definition) is 1. The summed E-state index contributed by atoms with van der Waals surface area (Å²) in [4.78, 5) is 12.6. The minimum absolute atomic E-state index is 0.0387. The lowest BCUT2D eigenvalue weighted by Gasteiger charge is -2.08. The Morgan fingerprint density at radius 3 is 2.29 bits per heavy atom. The molecule has 11 heteroatoms.